The molecule has 1 rings (SSSR count). The minimum Gasteiger partial charge on any atom is -0.494 e. The molecule has 8 heteroatoms. The molecule has 1 amide bonds. The lowest BCUT2D eigenvalue weighted by atomic mass is 10.1. The van der Waals surface area contributed by atoms with E-state index in [0.717, 1.165) is 6.42 Å². The van der Waals surface area contributed by atoms with E-state index in [4.69, 9.17) is 9.84 Å². The highest BCUT2D eigenvalue weighted by Crippen LogP contribution is 2.22. The minimum atomic E-state index is -4.69. The van der Waals surface area contributed by atoms with Crippen LogP contribution >= 0.6 is 0 Å². The number of halogens is 3. The van der Waals surface area contributed by atoms with E-state index in [0.29, 0.717) is 18.3 Å². The van der Waals surface area contributed by atoms with Crippen molar-refractivity contribution in [3.05, 3.63) is 29.8 Å². The van der Waals surface area contributed by atoms with Crippen LogP contribution in [0.25, 0.3) is 0 Å². The molecule has 134 valence electrons. The van der Waals surface area contributed by atoms with Crippen molar-refractivity contribution in [2.24, 2.45) is 5.92 Å². The Hall–Kier alpha value is -2.25. The molecule has 0 fully saturated rings. The zero-order valence-electron chi connectivity index (χ0n) is 13.4. The summed E-state index contributed by atoms with van der Waals surface area (Å²) in [4.78, 5) is 22.7. The second-order valence-electron chi connectivity index (χ2n) is 5.74. The van der Waals surface area contributed by atoms with Crippen LogP contribution in [0.15, 0.2) is 24.3 Å². The maximum atomic E-state index is 12.3. The molecule has 0 aliphatic carbocycles. The maximum Gasteiger partial charge on any atom is 0.391 e. The summed E-state index contributed by atoms with van der Waals surface area (Å²) in [7, 11) is 0. The molecule has 0 radical (unpaired) electrons. The topological polar surface area (TPSA) is 75.6 Å². The number of amides is 1. The van der Waals surface area contributed by atoms with Crippen LogP contribution in [-0.4, -0.2) is 35.8 Å². The molecule has 1 aromatic carbocycles. The van der Waals surface area contributed by atoms with Crippen molar-refractivity contribution >= 4 is 11.9 Å². The number of carboxylic acids is 1. The summed E-state index contributed by atoms with van der Waals surface area (Å²) in [5, 5.41) is 10.7. The van der Waals surface area contributed by atoms with Gasteiger partial charge in [-0.2, -0.15) is 13.2 Å². The van der Waals surface area contributed by atoms with Crippen molar-refractivity contribution in [1.29, 1.82) is 0 Å². The number of rotatable bonds is 8. The van der Waals surface area contributed by atoms with E-state index in [1.165, 1.54) is 24.3 Å². The molecule has 0 aliphatic rings. The molecule has 0 spiro atoms. The standard InChI is InChI=1S/C16H20F3NO4/c1-10(2)7-8-24-12-5-3-11(4-6-12)14(21)20-13(15(22)23)9-16(17,18)19/h3-6,10,13H,7-9H2,1-2H3,(H,20,21)(H,22,23). The van der Waals surface area contributed by atoms with Gasteiger partial charge in [0.15, 0.2) is 0 Å². The lowest BCUT2D eigenvalue weighted by molar-refractivity contribution is -0.157. The molecule has 2 N–H and O–H groups in total. The van der Waals surface area contributed by atoms with Gasteiger partial charge in [0.05, 0.1) is 13.0 Å². The third-order valence-electron chi connectivity index (χ3n) is 3.12. The number of nitrogens with one attached hydrogen (secondary N) is 1. The molecule has 0 saturated heterocycles. The number of carbonyl (C=O) groups is 2. The van der Waals surface area contributed by atoms with Gasteiger partial charge in [0.25, 0.3) is 5.91 Å². The first-order valence-corrected chi connectivity index (χ1v) is 7.42. The van der Waals surface area contributed by atoms with Gasteiger partial charge in [0, 0.05) is 5.56 Å². The molecule has 1 unspecified atom stereocenters. The third kappa shape index (κ3) is 7.34. The predicted molar refractivity (Wildman–Crippen MR) is 81.0 cm³/mol. The first kappa shape index (κ1) is 19.8. The maximum absolute atomic E-state index is 12.3. The van der Waals surface area contributed by atoms with E-state index in [2.05, 4.69) is 13.8 Å². The Labute approximate surface area is 137 Å². The van der Waals surface area contributed by atoms with Gasteiger partial charge in [-0.1, -0.05) is 13.8 Å². The van der Waals surface area contributed by atoms with Gasteiger partial charge in [-0.3, -0.25) is 4.79 Å². The van der Waals surface area contributed by atoms with Crippen LogP contribution < -0.4 is 10.1 Å². The summed E-state index contributed by atoms with van der Waals surface area (Å²) in [6.45, 7) is 4.61. The second kappa shape index (κ2) is 8.56. The SMILES string of the molecule is CC(C)CCOc1ccc(C(=O)NC(CC(F)(F)F)C(=O)O)cc1. The largest absolute Gasteiger partial charge is 0.494 e. The van der Waals surface area contributed by atoms with Gasteiger partial charge in [-0.25, -0.2) is 4.79 Å². The van der Waals surface area contributed by atoms with Crippen LogP contribution in [0, 0.1) is 5.92 Å². The van der Waals surface area contributed by atoms with E-state index < -0.39 is 30.5 Å². The van der Waals surface area contributed by atoms with Gasteiger partial charge in [0.2, 0.25) is 0 Å². The van der Waals surface area contributed by atoms with Gasteiger partial charge in [0.1, 0.15) is 11.8 Å². The summed E-state index contributed by atoms with van der Waals surface area (Å²) >= 11 is 0. The van der Waals surface area contributed by atoms with Gasteiger partial charge in [-0.05, 0) is 36.6 Å². The number of carboxylic acid groups (broad SMARTS) is 1. The highest BCUT2D eigenvalue weighted by molar-refractivity contribution is 5.96. The van der Waals surface area contributed by atoms with Crippen molar-refractivity contribution in [3.63, 3.8) is 0 Å². The fourth-order valence-electron chi connectivity index (χ4n) is 1.79. The van der Waals surface area contributed by atoms with Crippen molar-refractivity contribution in [2.45, 2.75) is 38.9 Å². The molecule has 5 nitrogen and oxygen atoms in total. The quantitative estimate of drug-likeness (QED) is 0.757. The average Bonchev–Trinajstić information content (AvgIpc) is 2.45. The van der Waals surface area contributed by atoms with Crippen molar-refractivity contribution in [3.8, 4) is 5.75 Å². The van der Waals surface area contributed by atoms with Crippen LogP contribution in [0.3, 0.4) is 0 Å². The molecule has 1 aromatic rings. The summed E-state index contributed by atoms with van der Waals surface area (Å²) < 4.78 is 42.4. The lowest BCUT2D eigenvalue weighted by Gasteiger charge is -2.16. The Bertz CT molecular complexity index is 555. The van der Waals surface area contributed by atoms with E-state index in [9.17, 15) is 22.8 Å². The monoisotopic (exact) mass is 347 g/mol. The van der Waals surface area contributed by atoms with Crippen LogP contribution in [0.1, 0.15) is 37.0 Å². The Morgan fingerprint density at radius 3 is 2.25 bits per heavy atom. The Kier molecular flexibility index (Phi) is 7.06. The highest BCUT2D eigenvalue weighted by atomic mass is 19.4. The van der Waals surface area contributed by atoms with Crippen molar-refractivity contribution < 1.29 is 32.6 Å². The number of benzene rings is 1. The molecule has 0 saturated carbocycles. The summed E-state index contributed by atoms with van der Waals surface area (Å²) in [6, 6.07) is 3.72. The van der Waals surface area contributed by atoms with E-state index in [1.807, 2.05) is 5.32 Å². The number of ether oxygens (including phenoxy) is 1. The number of hydrogen-bond donors (Lipinski definition) is 2. The van der Waals surface area contributed by atoms with Crippen LogP contribution in [0.4, 0.5) is 13.2 Å². The lowest BCUT2D eigenvalue weighted by Crippen LogP contribution is -2.43. The normalized spacial score (nSPS) is 12.8. The fraction of sp³-hybridized carbons (Fsp3) is 0.500. The molecule has 0 bridgehead atoms. The molecule has 0 aliphatic heterocycles. The number of hydrogen-bond acceptors (Lipinski definition) is 3. The molecule has 0 aromatic heterocycles. The minimum absolute atomic E-state index is 0.0552. The molecular formula is C16H20F3NO4. The van der Waals surface area contributed by atoms with E-state index in [-0.39, 0.29) is 5.56 Å². The average molecular weight is 347 g/mol. The van der Waals surface area contributed by atoms with E-state index in [1.54, 1.807) is 0 Å². The van der Waals surface area contributed by atoms with Gasteiger partial charge < -0.3 is 15.2 Å². The fourth-order valence-corrected chi connectivity index (χ4v) is 1.79. The number of aliphatic carboxylic acids is 1. The summed E-state index contributed by atoms with van der Waals surface area (Å²) in [5.41, 5.74) is 0.0552. The Morgan fingerprint density at radius 1 is 1.21 bits per heavy atom. The molecular weight excluding hydrogens is 327 g/mol. The van der Waals surface area contributed by atoms with Gasteiger partial charge in [-0.15, -0.1) is 0 Å². The second-order valence-corrected chi connectivity index (χ2v) is 5.74. The summed E-state index contributed by atoms with van der Waals surface area (Å²) in [6.07, 6.45) is -5.46. The van der Waals surface area contributed by atoms with Crippen LogP contribution in [0.2, 0.25) is 0 Å². The molecule has 0 heterocycles. The number of alkyl halides is 3. The smallest absolute Gasteiger partial charge is 0.391 e. The third-order valence-corrected chi connectivity index (χ3v) is 3.12. The van der Waals surface area contributed by atoms with Crippen LogP contribution in [-0.2, 0) is 4.79 Å². The Morgan fingerprint density at radius 2 is 1.79 bits per heavy atom. The molecule has 1 atom stereocenters. The first-order chi connectivity index (χ1) is 11.1. The first-order valence-electron chi connectivity index (χ1n) is 7.42. The Balaban J connectivity index is 2.65. The molecule has 24 heavy (non-hydrogen) atoms. The van der Waals surface area contributed by atoms with Gasteiger partial charge >= 0.3 is 12.1 Å². The highest BCUT2D eigenvalue weighted by Gasteiger charge is 2.36. The van der Waals surface area contributed by atoms with E-state index >= 15 is 0 Å². The van der Waals surface area contributed by atoms with Crippen molar-refractivity contribution in [2.75, 3.05) is 6.61 Å². The predicted octanol–water partition coefficient (Wildman–Crippen LogP) is 3.25. The summed E-state index contributed by atoms with van der Waals surface area (Å²) in [5.74, 6) is -1.62. The van der Waals surface area contributed by atoms with Crippen molar-refractivity contribution in [1.82, 2.24) is 5.32 Å². The zero-order valence-corrected chi connectivity index (χ0v) is 13.4. The number of carbonyl (C=O) groups excluding carboxylic acids is 1. The zero-order chi connectivity index (χ0) is 18.3. The van der Waals surface area contributed by atoms with Crippen LogP contribution in [0.5, 0.6) is 5.75 Å².